The summed E-state index contributed by atoms with van der Waals surface area (Å²) in [7, 11) is 0. The zero-order valence-electron chi connectivity index (χ0n) is 17.2. The van der Waals surface area contributed by atoms with Crippen LogP contribution in [-0.2, 0) is 6.42 Å². The standard InChI is InChI=1S/C28H27F/c1-3-4-5-6-21-9-12-24-18-25(14-13-23(24)17-21)26-15-16-27(28(29)19-26)22-10-7-20(2)8-11-22/h7-19H,3-6H2,1-2H3. The molecule has 0 amide bonds. The molecule has 1 heteroatoms. The van der Waals surface area contributed by atoms with E-state index in [1.165, 1.54) is 41.2 Å². The lowest BCUT2D eigenvalue weighted by atomic mass is 9.96. The van der Waals surface area contributed by atoms with Crippen LogP contribution in [-0.4, -0.2) is 0 Å². The summed E-state index contributed by atoms with van der Waals surface area (Å²) in [6, 6.07) is 26.6. The first-order valence-electron chi connectivity index (χ1n) is 10.5. The van der Waals surface area contributed by atoms with Gasteiger partial charge in [0.25, 0.3) is 0 Å². The highest BCUT2D eigenvalue weighted by atomic mass is 19.1. The monoisotopic (exact) mass is 382 g/mol. The molecule has 0 atom stereocenters. The molecule has 29 heavy (non-hydrogen) atoms. The molecule has 4 aromatic carbocycles. The molecule has 0 heterocycles. The Morgan fingerprint density at radius 1 is 0.655 bits per heavy atom. The predicted molar refractivity (Wildman–Crippen MR) is 123 cm³/mol. The SMILES string of the molecule is CCCCCc1ccc2cc(-c3ccc(-c4ccc(C)cc4)c(F)c3)ccc2c1. The van der Waals surface area contributed by atoms with Crippen molar-refractivity contribution in [3.8, 4) is 22.3 Å². The average Bonchev–Trinajstić information content (AvgIpc) is 2.74. The number of fused-ring (bicyclic) bond motifs is 1. The Labute approximate surface area is 173 Å². The van der Waals surface area contributed by atoms with Crippen molar-refractivity contribution in [2.45, 2.75) is 39.5 Å². The molecule has 0 radical (unpaired) electrons. The van der Waals surface area contributed by atoms with Crippen LogP contribution in [0, 0.1) is 12.7 Å². The van der Waals surface area contributed by atoms with Crippen LogP contribution in [0.3, 0.4) is 0 Å². The third kappa shape index (κ3) is 4.40. The van der Waals surface area contributed by atoms with E-state index in [0.29, 0.717) is 5.56 Å². The summed E-state index contributed by atoms with van der Waals surface area (Å²) < 4.78 is 14.8. The molecule has 0 aromatic heterocycles. The summed E-state index contributed by atoms with van der Waals surface area (Å²) >= 11 is 0. The summed E-state index contributed by atoms with van der Waals surface area (Å²) in [4.78, 5) is 0. The van der Waals surface area contributed by atoms with E-state index in [-0.39, 0.29) is 5.82 Å². The number of halogens is 1. The van der Waals surface area contributed by atoms with E-state index in [9.17, 15) is 4.39 Å². The number of hydrogen-bond acceptors (Lipinski definition) is 0. The Hall–Kier alpha value is -2.93. The van der Waals surface area contributed by atoms with Crippen molar-refractivity contribution in [2.75, 3.05) is 0 Å². The highest BCUT2D eigenvalue weighted by Crippen LogP contribution is 2.30. The molecule has 0 saturated heterocycles. The van der Waals surface area contributed by atoms with Crippen molar-refractivity contribution in [1.29, 1.82) is 0 Å². The van der Waals surface area contributed by atoms with Gasteiger partial charge in [0.2, 0.25) is 0 Å². The van der Waals surface area contributed by atoms with Crippen LogP contribution in [0.15, 0.2) is 78.9 Å². The van der Waals surface area contributed by atoms with Gasteiger partial charge in [0.05, 0.1) is 0 Å². The van der Waals surface area contributed by atoms with Gasteiger partial charge in [-0.25, -0.2) is 4.39 Å². The normalized spacial score (nSPS) is 11.1. The van der Waals surface area contributed by atoms with E-state index in [1.54, 1.807) is 6.07 Å². The van der Waals surface area contributed by atoms with Gasteiger partial charge < -0.3 is 0 Å². The first kappa shape index (κ1) is 19.4. The molecule has 4 rings (SSSR count). The van der Waals surface area contributed by atoms with Crippen LogP contribution < -0.4 is 0 Å². The quantitative estimate of drug-likeness (QED) is 0.294. The fourth-order valence-corrected chi connectivity index (χ4v) is 3.87. The second kappa shape index (κ2) is 8.61. The van der Waals surface area contributed by atoms with Gasteiger partial charge in [-0.15, -0.1) is 0 Å². The van der Waals surface area contributed by atoms with Gasteiger partial charge in [0.15, 0.2) is 0 Å². The van der Waals surface area contributed by atoms with Gasteiger partial charge >= 0.3 is 0 Å². The predicted octanol–water partition coefficient (Wildman–Crippen LogP) is 8.35. The van der Waals surface area contributed by atoms with Gasteiger partial charge in [-0.05, 0) is 64.9 Å². The molecule has 0 N–H and O–H groups in total. The number of benzene rings is 4. The van der Waals surface area contributed by atoms with Crippen molar-refractivity contribution >= 4 is 10.8 Å². The Kier molecular flexibility index (Phi) is 5.76. The van der Waals surface area contributed by atoms with E-state index in [4.69, 9.17) is 0 Å². The van der Waals surface area contributed by atoms with Crippen LogP contribution in [0.1, 0.15) is 37.3 Å². The third-order valence-electron chi connectivity index (χ3n) is 5.64. The number of aryl methyl sites for hydroxylation is 2. The maximum atomic E-state index is 14.8. The van der Waals surface area contributed by atoms with Crippen molar-refractivity contribution in [3.63, 3.8) is 0 Å². The fourth-order valence-electron chi connectivity index (χ4n) is 3.87. The maximum Gasteiger partial charge on any atom is 0.131 e. The summed E-state index contributed by atoms with van der Waals surface area (Å²) in [5.41, 5.74) is 6.08. The third-order valence-corrected chi connectivity index (χ3v) is 5.64. The average molecular weight is 383 g/mol. The lowest BCUT2D eigenvalue weighted by Gasteiger charge is -2.09. The van der Waals surface area contributed by atoms with Crippen molar-refractivity contribution in [3.05, 3.63) is 95.8 Å². The fraction of sp³-hybridized carbons (Fsp3) is 0.214. The molecule has 0 fully saturated rings. The minimum atomic E-state index is -0.183. The molecule has 0 unspecified atom stereocenters. The summed E-state index contributed by atoms with van der Waals surface area (Å²) in [5, 5.41) is 2.45. The molecule has 0 bridgehead atoms. The van der Waals surface area contributed by atoms with E-state index < -0.39 is 0 Å². The van der Waals surface area contributed by atoms with E-state index in [0.717, 1.165) is 23.1 Å². The van der Waals surface area contributed by atoms with Gasteiger partial charge in [0, 0.05) is 5.56 Å². The van der Waals surface area contributed by atoms with Crippen LogP contribution in [0.2, 0.25) is 0 Å². The van der Waals surface area contributed by atoms with E-state index in [2.05, 4.69) is 43.3 Å². The van der Waals surface area contributed by atoms with Crippen LogP contribution >= 0.6 is 0 Å². The highest BCUT2D eigenvalue weighted by molar-refractivity contribution is 5.88. The Morgan fingerprint density at radius 3 is 2.07 bits per heavy atom. The smallest absolute Gasteiger partial charge is 0.131 e. The number of rotatable bonds is 6. The zero-order valence-corrected chi connectivity index (χ0v) is 17.2. The molecular formula is C28H27F. The van der Waals surface area contributed by atoms with Crippen molar-refractivity contribution in [2.24, 2.45) is 0 Å². The minimum Gasteiger partial charge on any atom is -0.206 e. The summed E-state index contributed by atoms with van der Waals surface area (Å²) in [5.74, 6) is -0.183. The summed E-state index contributed by atoms with van der Waals surface area (Å²) in [6.07, 6.45) is 4.90. The Balaban J connectivity index is 1.61. The minimum absolute atomic E-state index is 0.183. The second-order valence-electron chi connectivity index (χ2n) is 7.91. The first-order valence-corrected chi connectivity index (χ1v) is 10.5. The van der Waals surface area contributed by atoms with Crippen molar-refractivity contribution in [1.82, 2.24) is 0 Å². The van der Waals surface area contributed by atoms with Crippen molar-refractivity contribution < 1.29 is 4.39 Å². The first-order chi connectivity index (χ1) is 14.1. The number of hydrogen-bond donors (Lipinski definition) is 0. The van der Waals surface area contributed by atoms with Gasteiger partial charge in [-0.2, -0.15) is 0 Å². The molecule has 0 aliphatic carbocycles. The number of unbranched alkanes of at least 4 members (excludes halogenated alkanes) is 2. The Bertz CT molecular complexity index is 1120. The lowest BCUT2D eigenvalue weighted by molar-refractivity contribution is 0.632. The molecule has 0 spiro atoms. The van der Waals surface area contributed by atoms with E-state index in [1.807, 2.05) is 43.3 Å². The van der Waals surface area contributed by atoms with Gasteiger partial charge in [0.1, 0.15) is 5.82 Å². The van der Waals surface area contributed by atoms with Gasteiger partial charge in [-0.3, -0.25) is 0 Å². The molecule has 0 aliphatic rings. The topological polar surface area (TPSA) is 0 Å². The lowest BCUT2D eigenvalue weighted by Crippen LogP contribution is -1.88. The largest absolute Gasteiger partial charge is 0.206 e. The summed E-state index contributed by atoms with van der Waals surface area (Å²) in [6.45, 7) is 4.27. The van der Waals surface area contributed by atoms with Crippen LogP contribution in [0.4, 0.5) is 4.39 Å². The van der Waals surface area contributed by atoms with E-state index >= 15 is 0 Å². The molecule has 0 aliphatic heterocycles. The van der Waals surface area contributed by atoms with Crippen LogP contribution in [0.25, 0.3) is 33.0 Å². The Morgan fingerprint density at radius 2 is 1.31 bits per heavy atom. The van der Waals surface area contributed by atoms with Crippen LogP contribution in [0.5, 0.6) is 0 Å². The molecule has 0 nitrogen and oxygen atoms in total. The maximum absolute atomic E-state index is 14.8. The molecule has 0 saturated carbocycles. The molecular weight excluding hydrogens is 355 g/mol. The highest BCUT2D eigenvalue weighted by Gasteiger charge is 2.08. The molecule has 4 aromatic rings. The molecule has 146 valence electrons. The van der Waals surface area contributed by atoms with Gasteiger partial charge in [-0.1, -0.05) is 92.1 Å². The second-order valence-corrected chi connectivity index (χ2v) is 7.91. The zero-order chi connectivity index (χ0) is 20.2.